The Morgan fingerprint density at radius 2 is 1.48 bits per heavy atom. The van der Waals surface area contributed by atoms with Crippen LogP contribution in [0.25, 0.3) is 23.1 Å². The number of benzene rings is 4. The molecule has 0 spiro atoms. The van der Waals surface area contributed by atoms with E-state index in [4.69, 9.17) is 11.6 Å². The number of imide groups is 1. The van der Waals surface area contributed by atoms with Gasteiger partial charge in [-0.15, -0.1) is 0 Å². The summed E-state index contributed by atoms with van der Waals surface area (Å²) in [6.45, 7) is -0.137. The summed E-state index contributed by atoms with van der Waals surface area (Å²) in [4.78, 5) is 57.7. The molecule has 0 saturated heterocycles. The lowest BCUT2D eigenvalue weighted by atomic mass is 10.0. The summed E-state index contributed by atoms with van der Waals surface area (Å²) in [7, 11) is 0. The molecular weight excluding hydrogens is 606 g/mol. The zero-order valence-electron chi connectivity index (χ0n) is 24.2. The number of nitrogens with zero attached hydrogens (tertiary/aromatic N) is 2. The minimum Gasteiger partial charge on any atom is -0.508 e. The maximum absolute atomic E-state index is 13.6. The third kappa shape index (κ3) is 6.36. The summed E-state index contributed by atoms with van der Waals surface area (Å²) in [5.41, 5.74) is 3.02. The Hall–Kier alpha value is -5.80. The van der Waals surface area contributed by atoms with E-state index in [1.54, 1.807) is 66.7 Å². The normalized spacial score (nSPS) is 13.3. The van der Waals surface area contributed by atoms with Crippen molar-refractivity contribution >= 4 is 58.3 Å². The molecule has 10 heteroatoms. The van der Waals surface area contributed by atoms with Gasteiger partial charge in [0.25, 0.3) is 17.7 Å². The first-order valence-electron chi connectivity index (χ1n) is 14.3. The number of nitrogens with one attached hydrogen (secondary N) is 1. The molecule has 1 atom stereocenters. The molecule has 3 N–H and O–H groups in total. The standard InChI is InChI=1S/C36H26ClN3O6/c37-24-12-7-21(8-13-24)5-6-23-11-16-31-29(18-23)30(36(45)46)19-32(39-31)33(42)38-25(17-22-9-14-26(41)15-10-22)20-40-34(43)27-3-1-2-4-28(27)35(40)44/h1-16,18-19,25,41H,17,20H2,(H,38,42)(H,45,46)/t25-/m0/s1. The van der Waals surface area contributed by atoms with E-state index in [0.717, 1.165) is 21.6 Å². The predicted molar refractivity (Wildman–Crippen MR) is 174 cm³/mol. The molecule has 46 heavy (non-hydrogen) atoms. The average molecular weight is 632 g/mol. The first-order valence-corrected chi connectivity index (χ1v) is 14.7. The van der Waals surface area contributed by atoms with Gasteiger partial charge in [0, 0.05) is 17.0 Å². The molecule has 228 valence electrons. The zero-order valence-corrected chi connectivity index (χ0v) is 24.9. The Morgan fingerprint density at radius 1 is 0.848 bits per heavy atom. The number of aromatic hydroxyl groups is 1. The third-order valence-electron chi connectivity index (χ3n) is 7.67. The number of carbonyl (C=O) groups is 4. The van der Waals surface area contributed by atoms with E-state index in [1.165, 1.54) is 18.2 Å². The molecule has 0 aliphatic carbocycles. The van der Waals surface area contributed by atoms with Gasteiger partial charge in [-0.1, -0.05) is 66.2 Å². The van der Waals surface area contributed by atoms with Crippen molar-refractivity contribution in [1.29, 1.82) is 0 Å². The van der Waals surface area contributed by atoms with Gasteiger partial charge in [0.05, 0.1) is 28.2 Å². The van der Waals surface area contributed by atoms with E-state index in [0.29, 0.717) is 15.9 Å². The lowest BCUT2D eigenvalue weighted by Crippen LogP contribution is -2.47. The molecule has 1 aliphatic rings. The van der Waals surface area contributed by atoms with Gasteiger partial charge in [0.2, 0.25) is 0 Å². The second-order valence-corrected chi connectivity index (χ2v) is 11.3. The summed E-state index contributed by atoms with van der Waals surface area (Å²) in [5, 5.41) is 23.6. The van der Waals surface area contributed by atoms with Crippen LogP contribution in [-0.2, 0) is 6.42 Å². The van der Waals surface area contributed by atoms with E-state index in [-0.39, 0.29) is 41.1 Å². The molecular formula is C36H26ClN3O6. The molecule has 0 bridgehead atoms. The average Bonchev–Trinajstić information content (AvgIpc) is 3.29. The number of rotatable bonds is 9. The van der Waals surface area contributed by atoms with Crippen molar-refractivity contribution in [2.45, 2.75) is 12.5 Å². The van der Waals surface area contributed by atoms with Crippen LogP contribution in [0, 0.1) is 0 Å². The molecule has 3 amide bonds. The van der Waals surface area contributed by atoms with Crippen molar-refractivity contribution in [3.8, 4) is 5.75 Å². The summed E-state index contributed by atoms with van der Waals surface area (Å²) in [5.74, 6) is -2.77. The fourth-order valence-corrected chi connectivity index (χ4v) is 5.50. The molecule has 0 saturated carbocycles. The molecule has 0 radical (unpaired) electrons. The van der Waals surface area contributed by atoms with Gasteiger partial charge < -0.3 is 15.5 Å². The van der Waals surface area contributed by atoms with Crippen LogP contribution in [0.2, 0.25) is 5.02 Å². The number of carboxylic acid groups (broad SMARTS) is 1. The maximum atomic E-state index is 13.6. The monoisotopic (exact) mass is 631 g/mol. The number of halogens is 1. The Balaban J connectivity index is 1.28. The molecule has 4 aromatic carbocycles. The Kier molecular flexibility index (Phi) is 8.33. The van der Waals surface area contributed by atoms with E-state index in [2.05, 4.69) is 10.3 Å². The fourth-order valence-electron chi connectivity index (χ4n) is 5.37. The lowest BCUT2D eigenvalue weighted by molar-refractivity contribution is 0.0626. The number of amides is 3. The number of aromatic carboxylic acids is 1. The van der Waals surface area contributed by atoms with Crippen molar-refractivity contribution in [1.82, 2.24) is 15.2 Å². The van der Waals surface area contributed by atoms with Gasteiger partial charge in [-0.2, -0.15) is 0 Å². The van der Waals surface area contributed by atoms with Crippen LogP contribution in [0.3, 0.4) is 0 Å². The number of hydrogen-bond donors (Lipinski definition) is 3. The second-order valence-electron chi connectivity index (χ2n) is 10.8. The molecule has 1 aliphatic heterocycles. The largest absolute Gasteiger partial charge is 0.508 e. The topological polar surface area (TPSA) is 137 Å². The molecule has 1 aromatic heterocycles. The maximum Gasteiger partial charge on any atom is 0.336 e. The minimum absolute atomic E-state index is 0.0647. The molecule has 9 nitrogen and oxygen atoms in total. The Morgan fingerprint density at radius 3 is 2.13 bits per heavy atom. The number of phenols is 1. The van der Waals surface area contributed by atoms with E-state index >= 15 is 0 Å². The molecule has 0 unspecified atom stereocenters. The van der Waals surface area contributed by atoms with Crippen molar-refractivity contribution in [3.63, 3.8) is 0 Å². The van der Waals surface area contributed by atoms with Gasteiger partial charge in [0.15, 0.2) is 0 Å². The van der Waals surface area contributed by atoms with E-state index in [1.807, 2.05) is 24.3 Å². The summed E-state index contributed by atoms with van der Waals surface area (Å²) in [6, 6.07) is 25.7. The fraction of sp³-hybridized carbons (Fsp3) is 0.0833. The second kappa shape index (κ2) is 12.7. The van der Waals surface area contributed by atoms with Crippen molar-refractivity contribution in [2.75, 3.05) is 6.54 Å². The molecule has 5 aromatic rings. The lowest BCUT2D eigenvalue weighted by Gasteiger charge is -2.24. The van der Waals surface area contributed by atoms with Crippen LogP contribution in [0.4, 0.5) is 0 Å². The number of carboxylic acids is 1. The summed E-state index contributed by atoms with van der Waals surface area (Å²) in [6.07, 6.45) is 3.92. The number of carbonyl (C=O) groups excluding carboxylic acids is 3. The van der Waals surface area contributed by atoms with Crippen molar-refractivity contribution in [2.24, 2.45) is 0 Å². The van der Waals surface area contributed by atoms with Crippen molar-refractivity contribution in [3.05, 3.63) is 141 Å². The number of phenolic OH excluding ortho intramolecular Hbond substituents is 1. The summed E-state index contributed by atoms with van der Waals surface area (Å²) < 4.78 is 0. The van der Waals surface area contributed by atoms with Crippen LogP contribution < -0.4 is 5.32 Å². The van der Waals surface area contributed by atoms with Crippen LogP contribution in [0.15, 0.2) is 97.1 Å². The van der Waals surface area contributed by atoms with Crippen LogP contribution in [0.5, 0.6) is 5.75 Å². The van der Waals surface area contributed by atoms with Crippen molar-refractivity contribution < 1.29 is 29.4 Å². The highest BCUT2D eigenvalue weighted by molar-refractivity contribution is 6.30. The highest BCUT2D eigenvalue weighted by Gasteiger charge is 2.36. The van der Waals surface area contributed by atoms with Gasteiger partial charge in [-0.05, 0) is 77.7 Å². The highest BCUT2D eigenvalue weighted by Crippen LogP contribution is 2.25. The van der Waals surface area contributed by atoms with E-state index in [9.17, 15) is 29.4 Å². The Bertz CT molecular complexity index is 2010. The number of hydrogen-bond acceptors (Lipinski definition) is 6. The Labute approximate surface area is 268 Å². The first-order chi connectivity index (χ1) is 22.2. The SMILES string of the molecule is O=C(N[C@@H](Cc1ccc(O)cc1)CN1C(=O)c2ccccc2C1=O)c1cc(C(=O)O)c2cc(C=Cc3ccc(Cl)cc3)ccc2n1. The predicted octanol–water partition coefficient (Wildman–Crippen LogP) is 6.10. The highest BCUT2D eigenvalue weighted by atomic mass is 35.5. The van der Waals surface area contributed by atoms with Gasteiger partial charge in [0.1, 0.15) is 11.4 Å². The van der Waals surface area contributed by atoms with Crippen LogP contribution >= 0.6 is 11.6 Å². The quantitative estimate of drug-likeness (QED) is 0.132. The number of fused-ring (bicyclic) bond motifs is 2. The van der Waals surface area contributed by atoms with Crippen LogP contribution in [-0.4, -0.2) is 56.4 Å². The smallest absolute Gasteiger partial charge is 0.336 e. The van der Waals surface area contributed by atoms with Gasteiger partial charge >= 0.3 is 5.97 Å². The van der Waals surface area contributed by atoms with Crippen LogP contribution in [0.1, 0.15) is 58.3 Å². The number of pyridine rings is 1. The minimum atomic E-state index is -1.23. The first kappa shape index (κ1) is 30.2. The number of aromatic nitrogens is 1. The summed E-state index contributed by atoms with van der Waals surface area (Å²) >= 11 is 5.96. The third-order valence-corrected chi connectivity index (χ3v) is 7.92. The molecule has 0 fully saturated rings. The molecule has 2 heterocycles. The van der Waals surface area contributed by atoms with E-state index < -0.39 is 29.7 Å². The molecule has 6 rings (SSSR count). The van der Waals surface area contributed by atoms with Gasteiger partial charge in [-0.25, -0.2) is 9.78 Å². The van der Waals surface area contributed by atoms with Gasteiger partial charge in [-0.3, -0.25) is 19.3 Å². The zero-order chi connectivity index (χ0) is 32.4.